The van der Waals surface area contributed by atoms with Crippen LogP contribution in [0, 0.1) is 5.92 Å². The van der Waals surface area contributed by atoms with Gasteiger partial charge >= 0.3 is 6.09 Å². The Balaban J connectivity index is 2.97. The van der Waals surface area contributed by atoms with Crippen LogP contribution in [0.3, 0.4) is 0 Å². The third-order valence-electron chi connectivity index (χ3n) is 3.76. The van der Waals surface area contributed by atoms with E-state index in [1.54, 1.807) is 58.9 Å². The Bertz CT molecular complexity index is 748. The second-order valence-corrected chi connectivity index (χ2v) is 7.24. The molecule has 1 atom stereocenters. The highest BCUT2D eigenvalue weighted by molar-refractivity contribution is 6.07. The van der Waals surface area contributed by atoms with Gasteiger partial charge in [-0.1, -0.05) is 12.1 Å². The van der Waals surface area contributed by atoms with Gasteiger partial charge in [0.15, 0.2) is 17.3 Å². The molecule has 1 unspecified atom stereocenters. The van der Waals surface area contributed by atoms with Gasteiger partial charge in [0.2, 0.25) is 0 Å². The molecule has 0 fully saturated rings. The second-order valence-electron chi connectivity index (χ2n) is 7.24. The van der Waals surface area contributed by atoms with Gasteiger partial charge < -0.3 is 14.3 Å². The van der Waals surface area contributed by atoms with E-state index in [2.05, 4.69) is 0 Å². The standard InChI is InChI=1S/C21H29NO6/c1-8-22(20(25)27-21(4,5)6)28-18-12-10-16(13-19(18)26-7)9-11-17(24)14(2)15(3)23/h9-14H,8H2,1-7H3. The molecule has 1 amide bonds. The summed E-state index contributed by atoms with van der Waals surface area (Å²) < 4.78 is 10.6. The van der Waals surface area contributed by atoms with Crippen molar-refractivity contribution in [2.75, 3.05) is 13.7 Å². The molecule has 0 aliphatic carbocycles. The molecule has 0 spiro atoms. The van der Waals surface area contributed by atoms with Crippen LogP contribution < -0.4 is 9.57 Å². The summed E-state index contributed by atoms with van der Waals surface area (Å²) in [5.41, 5.74) is 0.0458. The lowest BCUT2D eigenvalue weighted by Crippen LogP contribution is -2.38. The largest absolute Gasteiger partial charge is 0.493 e. The number of allylic oxidation sites excluding steroid dienone is 1. The summed E-state index contributed by atoms with van der Waals surface area (Å²) in [6.07, 6.45) is 2.35. The first-order valence-electron chi connectivity index (χ1n) is 9.07. The maximum atomic E-state index is 12.2. The quantitative estimate of drug-likeness (QED) is 0.378. The number of Topliss-reactive ketones (excluding diaryl/α,β-unsaturated/α-hetero) is 1. The lowest BCUT2D eigenvalue weighted by molar-refractivity contribution is -0.128. The highest BCUT2D eigenvalue weighted by Gasteiger charge is 2.23. The van der Waals surface area contributed by atoms with Crippen molar-refractivity contribution < 1.29 is 28.7 Å². The van der Waals surface area contributed by atoms with Crippen LogP contribution in [-0.2, 0) is 14.3 Å². The second kappa shape index (κ2) is 9.92. The zero-order valence-corrected chi connectivity index (χ0v) is 17.6. The van der Waals surface area contributed by atoms with Gasteiger partial charge in [-0.25, -0.2) is 4.79 Å². The van der Waals surface area contributed by atoms with Crippen LogP contribution >= 0.6 is 0 Å². The number of hydrogen-bond acceptors (Lipinski definition) is 6. The normalized spacial score (nSPS) is 12.4. The summed E-state index contributed by atoms with van der Waals surface area (Å²) in [5.74, 6) is -0.411. The first kappa shape index (κ1) is 23.2. The Kier molecular flexibility index (Phi) is 8.22. The molecule has 0 aromatic heterocycles. The van der Waals surface area contributed by atoms with Crippen LogP contribution in [-0.4, -0.2) is 42.0 Å². The predicted molar refractivity (Wildman–Crippen MR) is 106 cm³/mol. The van der Waals surface area contributed by atoms with Crippen molar-refractivity contribution in [2.45, 2.75) is 47.1 Å². The Morgan fingerprint density at radius 3 is 2.32 bits per heavy atom. The van der Waals surface area contributed by atoms with Crippen LogP contribution in [0.15, 0.2) is 24.3 Å². The average molecular weight is 391 g/mol. The van der Waals surface area contributed by atoms with E-state index < -0.39 is 17.6 Å². The third-order valence-corrected chi connectivity index (χ3v) is 3.76. The van der Waals surface area contributed by atoms with Crippen molar-refractivity contribution in [3.05, 3.63) is 29.8 Å². The molecule has 1 aromatic carbocycles. The first-order valence-corrected chi connectivity index (χ1v) is 9.07. The number of carbonyl (C=O) groups excluding carboxylic acids is 3. The van der Waals surface area contributed by atoms with E-state index in [1.807, 2.05) is 0 Å². The molecule has 28 heavy (non-hydrogen) atoms. The van der Waals surface area contributed by atoms with Crippen LogP contribution in [0.25, 0.3) is 6.08 Å². The van der Waals surface area contributed by atoms with Gasteiger partial charge in [-0.05, 0) is 65.3 Å². The molecule has 0 N–H and O–H groups in total. The number of benzene rings is 1. The van der Waals surface area contributed by atoms with Crippen molar-refractivity contribution in [3.8, 4) is 11.5 Å². The number of ether oxygens (including phenoxy) is 2. The van der Waals surface area contributed by atoms with E-state index >= 15 is 0 Å². The van der Waals surface area contributed by atoms with E-state index in [1.165, 1.54) is 20.1 Å². The number of hydroxylamine groups is 2. The SMILES string of the molecule is CCN(Oc1ccc(C=CC(=O)C(C)C(C)=O)cc1OC)C(=O)OC(C)(C)C. The molecular weight excluding hydrogens is 362 g/mol. The Labute approximate surface area is 166 Å². The molecule has 7 heteroatoms. The first-order chi connectivity index (χ1) is 13.0. The van der Waals surface area contributed by atoms with Gasteiger partial charge in [0, 0.05) is 0 Å². The monoisotopic (exact) mass is 391 g/mol. The number of hydrogen-bond donors (Lipinski definition) is 0. The fourth-order valence-electron chi connectivity index (χ4n) is 2.05. The van der Waals surface area contributed by atoms with E-state index in [0.29, 0.717) is 17.1 Å². The number of amides is 1. The smallest absolute Gasteiger partial charge is 0.443 e. The van der Waals surface area contributed by atoms with E-state index in [0.717, 1.165) is 5.06 Å². The zero-order chi connectivity index (χ0) is 21.5. The minimum atomic E-state index is -0.673. The lowest BCUT2D eigenvalue weighted by Gasteiger charge is -2.26. The summed E-state index contributed by atoms with van der Waals surface area (Å²) in [6, 6.07) is 5.01. The molecule has 1 aromatic rings. The molecule has 0 aliphatic heterocycles. The van der Waals surface area contributed by atoms with E-state index in [9.17, 15) is 14.4 Å². The summed E-state index contributed by atoms with van der Waals surface area (Å²) in [5, 5.41) is 1.09. The lowest BCUT2D eigenvalue weighted by atomic mass is 10.0. The van der Waals surface area contributed by atoms with Crippen LogP contribution in [0.1, 0.15) is 47.1 Å². The molecule has 0 saturated carbocycles. The molecule has 1 rings (SSSR count). The maximum absolute atomic E-state index is 12.2. The van der Waals surface area contributed by atoms with Gasteiger partial charge in [0.25, 0.3) is 0 Å². The molecule has 0 heterocycles. The van der Waals surface area contributed by atoms with Crippen molar-refractivity contribution in [1.29, 1.82) is 0 Å². The van der Waals surface area contributed by atoms with Gasteiger partial charge in [-0.3, -0.25) is 9.59 Å². The highest BCUT2D eigenvalue weighted by Crippen LogP contribution is 2.29. The number of nitrogens with zero attached hydrogens (tertiary/aromatic N) is 1. The molecule has 0 aliphatic rings. The maximum Gasteiger partial charge on any atom is 0.443 e. The fourth-order valence-corrected chi connectivity index (χ4v) is 2.05. The van der Waals surface area contributed by atoms with Crippen molar-refractivity contribution in [3.63, 3.8) is 0 Å². The van der Waals surface area contributed by atoms with Crippen LogP contribution in [0.2, 0.25) is 0 Å². The Morgan fingerprint density at radius 1 is 1.18 bits per heavy atom. The molecule has 7 nitrogen and oxygen atoms in total. The minimum Gasteiger partial charge on any atom is -0.493 e. The fraction of sp³-hybridized carbons (Fsp3) is 0.476. The Morgan fingerprint density at radius 2 is 1.82 bits per heavy atom. The average Bonchev–Trinajstić information content (AvgIpc) is 2.62. The highest BCUT2D eigenvalue weighted by atomic mass is 16.7. The molecule has 0 radical (unpaired) electrons. The zero-order valence-electron chi connectivity index (χ0n) is 17.6. The van der Waals surface area contributed by atoms with Crippen LogP contribution in [0.4, 0.5) is 4.79 Å². The molecule has 0 bridgehead atoms. The summed E-state index contributed by atoms with van der Waals surface area (Å²) in [6.45, 7) is 10.3. The van der Waals surface area contributed by atoms with Crippen molar-refractivity contribution in [1.82, 2.24) is 5.06 Å². The minimum absolute atomic E-state index is 0.183. The van der Waals surface area contributed by atoms with Gasteiger partial charge in [0.1, 0.15) is 11.4 Å². The third kappa shape index (κ3) is 7.06. The number of ketones is 2. The molecule has 154 valence electrons. The van der Waals surface area contributed by atoms with E-state index in [-0.39, 0.29) is 18.1 Å². The van der Waals surface area contributed by atoms with Crippen molar-refractivity contribution >= 4 is 23.7 Å². The summed E-state index contributed by atoms with van der Waals surface area (Å²) in [7, 11) is 1.47. The molecule has 0 saturated heterocycles. The van der Waals surface area contributed by atoms with E-state index in [4.69, 9.17) is 14.3 Å². The van der Waals surface area contributed by atoms with Gasteiger partial charge in [-0.15, -0.1) is 5.06 Å². The number of methoxy groups -OCH3 is 1. The summed E-state index contributed by atoms with van der Waals surface area (Å²) >= 11 is 0. The van der Waals surface area contributed by atoms with Gasteiger partial charge in [0.05, 0.1) is 19.6 Å². The van der Waals surface area contributed by atoms with Crippen LogP contribution in [0.5, 0.6) is 11.5 Å². The number of rotatable bonds is 8. The predicted octanol–water partition coefficient (Wildman–Crippen LogP) is 4.05. The number of carbonyl (C=O) groups is 3. The summed E-state index contributed by atoms with van der Waals surface area (Å²) in [4.78, 5) is 41.1. The van der Waals surface area contributed by atoms with Gasteiger partial charge in [-0.2, -0.15) is 0 Å². The van der Waals surface area contributed by atoms with Crippen molar-refractivity contribution in [2.24, 2.45) is 5.92 Å². The Hall–Kier alpha value is -2.83. The molecular formula is C21H29NO6. The topological polar surface area (TPSA) is 82.1 Å².